The van der Waals surface area contributed by atoms with Crippen molar-refractivity contribution in [3.05, 3.63) is 59.0 Å². The van der Waals surface area contributed by atoms with Crippen LogP contribution >= 0.6 is 11.3 Å². The number of thiazole rings is 1. The molecule has 0 radical (unpaired) electrons. The van der Waals surface area contributed by atoms with Crippen LogP contribution in [0.1, 0.15) is 11.1 Å². The molecule has 0 spiro atoms. The standard InChI is InChI=1S/C19H17N3O4S2/c1-12-4-2-3-5-14(12)11-28(24,25)22-19-21-16(10-27-19)13-6-7-17-15(8-13)20-18(23)9-26-17/h2-8,10H,9,11H2,1H3,(H,20,23)(H,21,22). The van der Waals surface area contributed by atoms with Crippen LogP contribution in [0.15, 0.2) is 47.8 Å². The van der Waals surface area contributed by atoms with Crippen molar-refractivity contribution in [2.24, 2.45) is 0 Å². The van der Waals surface area contributed by atoms with Crippen molar-refractivity contribution in [1.82, 2.24) is 4.98 Å². The summed E-state index contributed by atoms with van der Waals surface area (Å²) in [5.41, 5.74) is 3.61. The summed E-state index contributed by atoms with van der Waals surface area (Å²) < 4.78 is 32.9. The zero-order chi connectivity index (χ0) is 19.7. The molecule has 0 saturated heterocycles. The van der Waals surface area contributed by atoms with Crippen LogP contribution in [0.5, 0.6) is 5.75 Å². The van der Waals surface area contributed by atoms with E-state index in [1.54, 1.807) is 23.6 Å². The van der Waals surface area contributed by atoms with Crippen molar-refractivity contribution in [2.45, 2.75) is 12.7 Å². The normalized spacial score (nSPS) is 13.4. The molecule has 0 aliphatic carbocycles. The van der Waals surface area contributed by atoms with Gasteiger partial charge in [-0.15, -0.1) is 11.3 Å². The topological polar surface area (TPSA) is 97.4 Å². The molecule has 0 unspecified atom stereocenters. The highest BCUT2D eigenvalue weighted by atomic mass is 32.2. The van der Waals surface area contributed by atoms with Gasteiger partial charge in [-0.3, -0.25) is 9.52 Å². The Balaban J connectivity index is 1.52. The molecular formula is C19H17N3O4S2. The molecule has 1 aliphatic rings. The second-order valence-corrected chi connectivity index (χ2v) is 8.95. The largest absolute Gasteiger partial charge is 0.482 e. The van der Waals surface area contributed by atoms with Crippen LogP contribution < -0.4 is 14.8 Å². The van der Waals surface area contributed by atoms with E-state index < -0.39 is 10.0 Å². The van der Waals surface area contributed by atoms with E-state index in [9.17, 15) is 13.2 Å². The van der Waals surface area contributed by atoms with Crippen molar-refractivity contribution >= 4 is 38.1 Å². The molecule has 144 valence electrons. The highest BCUT2D eigenvalue weighted by Crippen LogP contribution is 2.34. The second kappa shape index (κ2) is 7.25. The smallest absolute Gasteiger partial charge is 0.262 e. The molecule has 9 heteroatoms. The first kappa shape index (κ1) is 18.5. The fourth-order valence-corrected chi connectivity index (χ4v) is 5.10. The molecule has 1 aliphatic heterocycles. The Bertz CT molecular complexity index is 1160. The summed E-state index contributed by atoms with van der Waals surface area (Å²) in [4.78, 5) is 15.9. The number of rotatable bonds is 5. The Morgan fingerprint density at radius 1 is 1.25 bits per heavy atom. The Kier molecular flexibility index (Phi) is 4.78. The van der Waals surface area contributed by atoms with Crippen molar-refractivity contribution < 1.29 is 17.9 Å². The molecule has 0 atom stereocenters. The predicted molar refractivity (Wildman–Crippen MR) is 109 cm³/mol. The minimum atomic E-state index is -3.58. The van der Waals surface area contributed by atoms with E-state index in [0.29, 0.717) is 22.3 Å². The van der Waals surface area contributed by atoms with Crippen molar-refractivity contribution in [2.75, 3.05) is 16.6 Å². The monoisotopic (exact) mass is 415 g/mol. The Morgan fingerprint density at radius 3 is 2.89 bits per heavy atom. The first-order chi connectivity index (χ1) is 13.4. The quantitative estimate of drug-likeness (QED) is 0.666. The molecule has 2 aromatic carbocycles. The lowest BCUT2D eigenvalue weighted by Crippen LogP contribution is -2.25. The maximum Gasteiger partial charge on any atom is 0.262 e. The maximum absolute atomic E-state index is 12.5. The summed E-state index contributed by atoms with van der Waals surface area (Å²) in [5, 5.41) is 4.80. The lowest BCUT2D eigenvalue weighted by Gasteiger charge is -2.18. The molecule has 28 heavy (non-hydrogen) atoms. The number of amides is 1. The van der Waals surface area contributed by atoms with E-state index >= 15 is 0 Å². The van der Waals surface area contributed by atoms with Gasteiger partial charge in [0.15, 0.2) is 11.7 Å². The van der Waals surface area contributed by atoms with Crippen LogP contribution in [0.25, 0.3) is 11.3 Å². The van der Waals surface area contributed by atoms with Gasteiger partial charge in [0.05, 0.1) is 17.1 Å². The molecule has 0 saturated carbocycles. The van der Waals surface area contributed by atoms with Gasteiger partial charge < -0.3 is 10.1 Å². The van der Waals surface area contributed by atoms with Crippen molar-refractivity contribution in [1.29, 1.82) is 0 Å². The number of sulfonamides is 1. The average molecular weight is 415 g/mol. The zero-order valence-corrected chi connectivity index (χ0v) is 16.6. The van der Waals surface area contributed by atoms with Gasteiger partial charge in [-0.05, 0) is 36.2 Å². The van der Waals surface area contributed by atoms with Gasteiger partial charge in [-0.2, -0.15) is 0 Å². The Labute approximate surface area is 166 Å². The summed E-state index contributed by atoms with van der Waals surface area (Å²) in [6.45, 7) is 1.88. The Hall–Kier alpha value is -2.91. The molecule has 2 N–H and O–H groups in total. The molecular weight excluding hydrogens is 398 g/mol. The number of hydrogen-bond acceptors (Lipinski definition) is 6. The van der Waals surface area contributed by atoms with E-state index in [1.165, 1.54) is 11.3 Å². The van der Waals surface area contributed by atoms with Crippen molar-refractivity contribution in [3.63, 3.8) is 0 Å². The number of fused-ring (bicyclic) bond motifs is 1. The summed E-state index contributed by atoms with van der Waals surface area (Å²) in [6.07, 6.45) is 0. The highest BCUT2D eigenvalue weighted by Gasteiger charge is 2.18. The Morgan fingerprint density at radius 2 is 2.07 bits per heavy atom. The van der Waals surface area contributed by atoms with Gasteiger partial charge in [0.1, 0.15) is 5.75 Å². The van der Waals surface area contributed by atoms with E-state index in [-0.39, 0.29) is 18.3 Å². The number of nitrogens with one attached hydrogen (secondary N) is 2. The van der Waals surface area contributed by atoms with Crippen LogP contribution in [0.4, 0.5) is 10.8 Å². The van der Waals surface area contributed by atoms with Crippen LogP contribution in [0, 0.1) is 6.92 Å². The number of benzene rings is 2. The number of anilines is 2. The number of hydrogen-bond donors (Lipinski definition) is 2. The lowest BCUT2D eigenvalue weighted by molar-refractivity contribution is -0.118. The van der Waals surface area contributed by atoms with Crippen LogP contribution in [0.3, 0.4) is 0 Å². The molecule has 7 nitrogen and oxygen atoms in total. The SMILES string of the molecule is Cc1ccccc1CS(=O)(=O)Nc1nc(-c2ccc3c(c2)NC(=O)CO3)cs1. The van der Waals surface area contributed by atoms with Crippen LogP contribution in [-0.4, -0.2) is 25.9 Å². The van der Waals surface area contributed by atoms with E-state index in [2.05, 4.69) is 15.0 Å². The van der Waals surface area contributed by atoms with Crippen LogP contribution in [-0.2, 0) is 20.6 Å². The molecule has 0 bridgehead atoms. The number of carbonyl (C=O) groups is 1. The molecule has 1 amide bonds. The number of aromatic nitrogens is 1. The van der Waals surface area contributed by atoms with Gasteiger partial charge in [0.2, 0.25) is 10.0 Å². The molecule has 1 aromatic heterocycles. The van der Waals surface area contributed by atoms with E-state index in [1.807, 2.05) is 31.2 Å². The highest BCUT2D eigenvalue weighted by molar-refractivity contribution is 7.92. The second-order valence-electron chi connectivity index (χ2n) is 6.37. The minimum absolute atomic E-state index is 0.00410. The zero-order valence-electron chi connectivity index (χ0n) is 14.9. The average Bonchev–Trinajstić information content (AvgIpc) is 3.10. The number of carbonyl (C=O) groups excluding carboxylic acids is 1. The minimum Gasteiger partial charge on any atom is -0.482 e. The first-order valence-corrected chi connectivity index (χ1v) is 11.0. The van der Waals surface area contributed by atoms with E-state index in [0.717, 1.165) is 16.7 Å². The summed E-state index contributed by atoms with van der Waals surface area (Å²) >= 11 is 1.20. The van der Waals surface area contributed by atoms with Gasteiger partial charge in [-0.1, -0.05) is 24.3 Å². The summed E-state index contributed by atoms with van der Waals surface area (Å²) in [5.74, 6) is 0.266. The lowest BCUT2D eigenvalue weighted by atomic mass is 10.1. The first-order valence-electron chi connectivity index (χ1n) is 8.47. The predicted octanol–water partition coefficient (Wildman–Crippen LogP) is 3.39. The van der Waals surface area contributed by atoms with E-state index in [4.69, 9.17) is 4.74 Å². The fraction of sp³-hybridized carbons (Fsp3) is 0.158. The van der Waals surface area contributed by atoms with Gasteiger partial charge in [-0.25, -0.2) is 13.4 Å². The third-order valence-electron chi connectivity index (χ3n) is 4.26. The number of aryl methyl sites for hydroxylation is 1. The number of ether oxygens (including phenoxy) is 1. The number of nitrogens with zero attached hydrogens (tertiary/aromatic N) is 1. The third-order valence-corrected chi connectivity index (χ3v) is 6.34. The molecule has 2 heterocycles. The van der Waals surface area contributed by atoms with Gasteiger partial charge >= 0.3 is 0 Å². The summed E-state index contributed by atoms with van der Waals surface area (Å²) in [6, 6.07) is 12.7. The fourth-order valence-electron chi connectivity index (χ4n) is 2.84. The molecule has 3 aromatic rings. The third kappa shape index (κ3) is 4.00. The maximum atomic E-state index is 12.5. The molecule has 0 fully saturated rings. The molecule has 4 rings (SSSR count). The van der Waals surface area contributed by atoms with Gasteiger partial charge in [0.25, 0.3) is 5.91 Å². The van der Waals surface area contributed by atoms with Crippen LogP contribution in [0.2, 0.25) is 0 Å². The van der Waals surface area contributed by atoms with Gasteiger partial charge in [0, 0.05) is 10.9 Å². The van der Waals surface area contributed by atoms with Crippen molar-refractivity contribution in [3.8, 4) is 17.0 Å². The summed E-state index contributed by atoms with van der Waals surface area (Å²) in [7, 11) is -3.58.